The van der Waals surface area contributed by atoms with Crippen LogP contribution in [-0.2, 0) is 0 Å². The van der Waals surface area contributed by atoms with Gasteiger partial charge in [-0.15, -0.1) is 5.10 Å². The molecule has 20 heavy (non-hydrogen) atoms. The fourth-order valence-electron chi connectivity index (χ4n) is 2.08. The highest BCUT2D eigenvalue weighted by Gasteiger charge is 2.09. The van der Waals surface area contributed by atoms with E-state index in [2.05, 4.69) is 15.2 Å². The third kappa shape index (κ3) is 2.11. The van der Waals surface area contributed by atoms with Crippen LogP contribution in [0.25, 0.3) is 17.0 Å². The van der Waals surface area contributed by atoms with E-state index in [-0.39, 0.29) is 0 Å². The maximum absolute atomic E-state index is 5.44. The molecule has 0 saturated heterocycles. The predicted octanol–water partition coefficient (Wildman–Crippen LogP) is 2.81. The highest BCUT2D eigenvalue weighted by molar-refractivity contribution is 5.62. The molecular formula is C15H16N4O. The first-order valence-electron chi connectivity index (χ1n) is 6.61. The van der Waals surface area contributed by atoms with Crippen molar-refractivity contribution in [3.05, 3.63) is 41.9 Å². The Hall–Kier alpha value is -2.43. The van der Waals surface area contributed by atoms with Crippen LogP contribution in [-0.4, -0.2) is 26.2 Å². The van der Waals surface area contributed by atoms with E-state index in [0.29, 0.717) is 12.4 Å². The van der Waals surface area contributed by atoms with Gasteiger partial charge in [-0.3, -0.25) is 4.40 Å². The van der Waals surface area contributed by atoms with Gasteiger partial charge in [-0.1, -0.05) is 0 Å². The zero-order valence-electron chi connectivity index (χ0n) is 11.8. The number of aryl methyl sites for hydroxylation is 2. The molecular weight excluding hydrogens is 252 g/mol. The van der Waals surface area contributed by atoms with E-state index >= 15 is 0 Å². The lowest BCUT2D eigenvalue weighted by molar-refractivity contribution is 0.340. The van der Waals surface area contributed by atoms with Crippen molar-refractivity contribution in [2.24, 2.45) is 0 Å². The molecule has 0 saturated carbocycles. The Kier molecular flexibility index (Phi) is 3.10. The summed E-state index contributed by atoms with van der Waals surface area (Å²) < 4.78 is 7.41. The number of fused-ring (bicyclic) bond motifs is 1. The topological polar surface area (TPSA) is 52.3 Å². The summed E-state index contributed by atoms with van der Waals surface area (Å²) in [7, 11) is 0. The molecule has 0 spiro atoms. The average molecular weight is 268 g/mol. The zero-order valence-corrected chi connectivity index (χ0v) is 11.8. The first-order valence-corrected chi connectivity index (χ1v) is 6.61. The van der Waals surface area contributed by atoms with Crippen LogP contribution in [0, 0.1) is 13.8 Å². The minimum Gasteiger partial charge on any atom is -0.494 e. The fraction of sp³-hybridized carbons (Fsp3) is 0.267. The van der Waals surface area contributed by atoms with E-state index in [1.54, 1.807) is 0 Å². The van der Waals surface area contributed by atoms with Crippen LogP contribution >= 0.6 is 0 Å². The van der Waals surface area contributed by atoms with Crippen LogP contribution < -0.4 is 4.74 Å². The summed E-state index contributed by atoms with van der Waals surface area (Å²) in [5.74, 6) is 1.49. The second-order valence-electron chi connectivity index (χ2n) is 4.62. The van der Waals surface area contributed by atoms with Crippen molar-refractivity contribution in [2.45, 2.75) is 20.8 Å². The van der Waals surface area contributed by atoms with Crippen molar-refractivity contribution in [1.82, 2.24) is 19.6 Å². The minimum atomic E-state index is 0.622. The van der Waals surface area contributed by atoms with Gasteiger partial charge in [0.2, 0.25) is 0 Å². The third-order valence-corrected chi connectivity index (χ3v) is 3.32. The fourth-order valence-corrected chi connectivity index (χ4v) is 2.08. The molecule has 0 unspecified atom stereocenters. The van der Waals surface area contributed by atoms with Crippen molar-refractivity contribution >= 4 is 5.78 Å². The molecule has 0 amide bonds. The van der Waals surface area contributed by atoms with Crippen LogP contribution in [0.4, 0.5) is 0 Å². The molecule has 5 nitrogen and oxygen atoms in total. The lowest BCUT2D eigenvalue weighted by Gasteiger charge is -2.02. The monoisotopic (exact) mass is 268 g/mol. The second kappa shape index (κ2) is 4.92. The molecule has 3 aromatic rings. The quantitative estimate of drug-likeness (QED) is 0.733. The van der Waals surface area contributed by atoms with Crippen LogP contribution in [0.1, 0.15) is 18.3 Å². The lowest BCUT2D eigenvalue weighted by atomic mass is 10.2. The number of aromatic nitrogens is 4. The van der Waals surface area contributed by atoms with Gasteiger partial charge in [0, 0.05) is 17.5 Å². The van der Waals surface area contributed by atoms with Crippen LogP contribution in [0.5, 0.6) is 5.75 Å². The van der Waals surface area contributed by atoms with E-state index in [9.17, 15) is 0 Å². The molecule has 0 fully saturated rings. The summed E-state index contributed by atoms with van der Waals surface area (Å²) in [5.41, 5.74) is 3.89. The molecule has 3 rings (SSSR count). The van der Waals surface area contributed by atoms with Gasteiger partial charge >= 0.3 is 0 Å². The van der Waals surface area contributed by atoms with Gasteiger partial charge in [-0.25, -0.2) is 4.98 Å². The van der Waals surface area contributed by atoms with Gasteiger partial charge in [0.1, 0.15) is 5.75 Å². The highest BCUT2D eigenvalue weighted by atomic mass is 16.5. The van der Waals surface area contributed by atoms with Crippen LogP contribution in [0.15, 0.2) is 30.5 Å². The number of benzene rings is 1. The van der Waals surface area contributed by atoms with E-state index < -0.39 is 0 Å². The number of nitrogens with zero attached hydrogens (tertiary/aromatic N) is 4. The SMILES string of the molecule is CCOc1ccc(-c2cn3c(C)c(C)nnc3n2)cc1. The maximum atomic E-state index is 5.44. The minimum absolute atomic E-state index is 0.622. The van der Waals surface area contributed by atoms with E-state index in [0.717, 1.165) is 28.4 Å². The average Bonchev–Trinajstić information content (AvgIpc) is 2.89. The first kappa shape index (κ1) is 12.6. The maximum Gasteiger partial charge on any atom is 0.254 e. The van der Waals surface area contributed by atoms with Crippen LogP contribution in [0.2, 0.25) is 0 Å². The largest absolute Gasteiger partial charge is 0.494 e. The summed E-state index contributed by atoms with van der Waals surface area (Å²) in [6.07, 6.45) is 1.99. The lowest BCUT2D eigenvalue weighted by Crippen LogP contribution is -1.99. The molecule has 0 atom stereocenters. The Balaban J connectivity index is 2.03. The Morgan fingerprint density at radius 1 is 1.10 bits per heavy atom. The molecule has 1 aromatic carbocycles. The molecule has 0 aliphatic rings. The van der Waals surface area contributed by atoms with Gasteiger partial charge in [0.05, 0.1) is 18.0 Å². The Labute approximate surface area is 117 Å². The molecule has 0 radical (unpaired) electrons. The van der Waals surface area contributed by atoms with Gasteiger partial charge in [-0.2, -0.15) is 5.10 Å². The van der Waals surface area contributed by atoms with Crippen molar-refractivity contribution in [2.75, 3.05) is 6.61 Å². The van der Waals surface area contributed by atoms with Crippen molar-refractivity contribution in [3.8, 4) is 17.0 Å². The molecule has 5 heteroatoms. The molecule has 2 heterocycles. The Morgan fingerprint density at radius 2 is 1.85 bits per heavy atom. The summed E-state index contributed by atoms with van der Waals surface area (Å²) in [5, 5.41) is 8.21. The third-order valence-electron chi connectivity index (χ3n) is 3.32. The standard InChI is InChI=1S/C15H16N4O/c1-4-20-13-7-5-12(6-8-13)14-9-19-11(3)10(2)17-18-15(19)16-14/h5-9H,4H2,1-3H3. The second-order valence-corrected chi connectivity index (χ2v) is 4.62. The number of hydrogen-bond donors (Lipinski definition) is 0. The van der Waals surface area contributed by atoms with E-state index in [1.165, 1.54) is 0 Å². The molecule has 0 bridgehead atoms. The van der Waals surface area contributed by atoms with Crippen molar-refractivity contribution < 1.29 is 4.74 Å². The molecule has 0 aliphatic carbocycles. The van der Waals surface area contributed by atoms with E-state index in [4.69, 9.17) is 4.74 Å². The number of hydrogen-bond acceptors (Lipinski definition) is 4. The number of rotatable bonds is 3. The first-order chi connectivity index (χ1) is 9.69. The summed E-state index contributed by atoms with van der Waals surface area (Å²) >= 11 is 0. The summed E-state index contributed by atoms with van der Waals surface area (Å²) in [6.45, 7) is 6.60. The predicted molar refractivity (Wildman–Crippen MR) is 76.9 cm³/mol. The van der Waals surface area contributed by atoms with Crippen LogP contribution in [0.3, 0.4) is 0 Å². The molecule has 2 aromatic heterocycles. The van der Waals surface area contributed by atoms with Crippen molar-refractivity contribution in [1.29, 1.82) is 0 Å². The summed E-state index contributed by atoms with van der Waals surface area (Å²) in [4.78, 5) is 4.51. The normalized spacial score (nSPS) is 10.9. The number of imidazole rings is 1. The van der Waals surface area contributed by atoms with Crippen molar-refractivity contribution in [3.63, 3.8) is 0 Å². The Bertz CT molecular complexity index is 746. The Morgan fingerprint density at radius 3 is 2.55 bits per heavy atom. The van der Waals surface area contributed by atoms with Gasteiger partial charge in [0.25, 0.3) is 5.78 Å². The smallest absolute Gasteiger partial charge is 0.254 e. The summed E-state index contributed by atoms with van der Waals surface area (Å²) in [6, 6.07) is 7.91. The highest BCUT2D eigenvalue weighted by Crippen LogP contribution is 2.22. The zero-order chi connectivity index (χ0) is 14.1. The molecule has 0 N–H and O–H groups in total. The van der Waals surface area contributed by atoms with Gasteiger partial charge < -0.3 is 4.74 Å². The van der Waals surface area contributed by atoms with E-state index in [1.807, 2.05) is 55.6 Å². The van der Waals surface area contributed by atoms with Gasteiger partial charge in [-0.05, 0) is 45.0 Å². The van der Waals surface area contributed by atoms with Gasteiger partial charge in [0.15, 0.2) is 0 Å². The number of ether oxygens (including phenoxy) is 1. The molecule has 102 valence electrons. The molecule has 0 aliphatic heterocycles.